The van der Waals surface area contributed by atoms with Gasteiger partial charge in [-0.05, 0) is 99.6 Å². The predicted molar refractivity (Wildman–Crippen MR) is 238 cm³/mol. The Balaban J connectivity index is 0.000000251. The number of methoxy groups -OCH3 is 1. The summed E-state index contributed by atoms with van der Waals surface area (Å²) in [4.78, 5) is 62.4. The minimum Gasteiger partial charge on any atom is -0.496 e. The van der Waals surface area contributed by atoms with Gasteiger partial charge in [0.15, 0.2) is 5.43 Å². The summed E-state index contributed by atoms with van der Waals surface area (Å²) in [6, 6.07) is 7.91. The Labute approximate surface area is 370 Å². The van der Waals surface area contributed by atoms with Crippen LogP contribution in [0.15, 0.2) is 52.6 Å². The van der Waals surface area contributed by atoms with Crippen LogP contribution in [0.25, 0.3) is 21.6 Å². The van der Waals surface area contributed by atoms with Crippen LogP contribution in [0.2, 0.25) is 0 Å². The predicted octanol–water partition coefficient (Wildman–Crippen LogP) is 7.90. The molecule has 0 radical (unpaired) electrons. The average molecular weight is 915 g/mol. The Hall–Kier alpha value is -4.97. The van der Waals surface area contributed by atoms with Gasteiger partial charge in [-0.3, -0.25) is 23.9 Å². The maximum atomic E-state index is 13.8. The van der Waals surface area contributed by atoms with Gasteiger partial charge in [-0.2, -0.15) is 13.2 Å². The highest BCUT2D eigenvalue weighted by molar-refractivity contribution is 7.91. The highest BCUT2D eigenvalue weighted by Crippen LogP contribution is 2.48. The summed E-state index contributed by atoms with van der Waals surface area (Å²) in [6.07, 6.45) is -1.80. The molecule has 13 nitrogen and oxygen atoms in total. The Morgan fingerprint density at radius 1 is 1.08 bits per heavy atom. The fourth-order valence-corrected chi connectivity index (χ4v) is 10.1. The van der Waals surface area contributed by atoms with E-state index in [9.17, 15) is 40.8 Å². The first-order valence-electron chi connectivity index (χ1n) is 21.1. The average Bonchev–Trinajstić information content (AvgIpc) is 3.96. The van der Waals surface area contributed by atoms with E-state index in [1.807, 2.05) is 46.1 Å². The van der Waals surface area contributed by atoms with Crippen molar-refractivity contribution >= 4 is 55.7 Å². The lowest BCUT2D eigenvalue weighted by Gasteiger charge is -2.36. The highest BCUT2D eigenvalue weighted by Gasteiger charge is 2.63. The van der Waals surface area contributed by atoms with Crippen LogP contribution in [-0.4, -0.2) is 77.0 Å². The zero-order valence-corrected chi connectivity index (χ0v) is 38.7. The second kappa shape index (κ2) is 17.5. The van der Waals surface area contributed by atoms with Gasteiger partial charge < -0.3 is 25.3 Å². The topological polar surface area (TPSA) is 180 Å². The first kappa shape index (κ1) is 47.5. The van der Waals surface area contributed by atoms with E-state index in [-0.39, 0.29) is 17.3 Å². The molecule has 1 aliphatic heterocycles. The minimum absolute atomic E-state index is 0.00389. The van der Waals surface area contributed by atoms with Crippen molar-refractivity contribution < 1.29 is 40.7 Å². The van der Waals surface area contributed by atoms with Gasteiger partial charge in [0.1, 0.15) is 28.4 Å². The second-order valence-corrected chi connectivity index (χ2v) is 21.5. The zero-order valence-electron chi connectivity index (χ0n) is 37.1. The van der Waals surface area contributed by atoms with Gasteiger partial charge in [-0.15, -0.1) is 11.3 Å². The van der Waals surface area contributed by atoms with Gasteiger partial charge in [0.05, 0.1) is 34.3 Å². The normalized spacial score (nSPS) is 21.0. The number of pyridine rings is 1. The summed E-state index contributed by atoms with van der Waals surface area (Å²) in [5, 5.41) is 9.40. The third kappa shape index (κ3) is 9.91. The summed E-state index contributed by atoms with van der Waals surface area (Å²) in [6.45, 7) is 15.3. The third-order valence-electron chi connectivity index (χ3n) is 12.4. The van der Waals surface area contributed by atoms with Crippen molar-refractivity contribution in [3.05, 3.63) is 74.9 Å². The van der Waals surface area contributed by atoms with E-state index < -0.39 is 61.4 Å². The van der Waals surface area contributed by atoms with Crippen molar-refractivity contribution in [1.29, 1.82) is 0 Å². The SMILES string of the molecule is CCC1C[C@]1(NC(=O)C1CCCN1C(=O)C(Nc1ccc(C(F)(F)F)cc1)C(C)(C)C)C(=O)NS(=O)(=O)C1(C)CC1.COc1ccc2c(=O)cc(-c3nc(C(C)C)cs3)[nH]c2c1C. The lowest BCUT2D eigenvalue weighted by molar-refractivity contribution is -0.141. The molecule has 0 bridgehead atoms. The number of H-pyrrole nitrogens is 1. The summed E-state index contributed by atoms with van der Waals surface area (Å²) >= 11 is 1.55. The highest BCUT2D eigenvalue weighted by atomic mass is 32.2. The van der Waals surface area contributed by atoms with Gasteiger partial charge in [-0.1, -0.05) is 48.0 Å². The molecular formula is C45H57F3N6O7S2. The van der Waals surface area contributed by atoms with Crippen molar-refractivity contribution in [2.45, 2.75) is 128 Å². The molecule has 4 aromatic rings. The number of aryl methyl sites for hydroxylation is 1. The largest absolute Gasteiger partial charge is 0.496 e. The summed E-state index contributed by atoms with van der Waals surface area (Å²) < 4.78 is 71.0. The number of aromatic nitrogens is 2. The van der Waals surface area contributed by atoms with Crippen molar-refractivity contribution in [2.75, 3.05) is 19.0 Å². The first-order valence-corrected chi connectivity index (χ1v) is 23.5. The molecule has 2 aromatic heterocycles. The molecule has 4 N–H and O–H groups in total. The first-order chi connectivity index (χ1) is 29.4. The summed E-state index contributed by atoms with van der Waals surface area (Å²) in [5.41, 5.74) is 1.04. The van der Waals surface area contributed by atoms with E-state index in [2.05, 4.69) is 39.2 Å². The van der Waals surface area contributed by atoms with Gasteiger partial charge >= 0.3 is 6.18 Å². The van der Waals surface area contributed by atoms with E-state index in [1.165, 1.54) is 17.0 Å². The van der Waals surface area contributed by atoms with E-state index in [0.29, 0.717) is 62.1 Å². The summed E-state index contributed by atoms with van der Waals surface area (Å²) in [5.74, 6) is -0.762. The molecule has 3 aliphatic rings. The van der Waals surface area contributed by atoms with Crippen molar-refractivity contribution in [3.8, 4) is 16.5 Å². The number of nitrogens with one attached hydrogen (secondary N) is 4. The number of halogens is 3. The second-order valence-electron chi connectivity index (χ2n) is 18.5. The van der Waals surface area contributed by atoms with E-state index >= 15 is 0 Å². The number of benzene rings is 2. The van der Waals surface area contributed by atoms with Gasteiger partial charge in [0.25, 0.3) is 5.91 Å². The molecule has 7 rings (SSSR count). The van der Waals surface area contributed by atoms with Crippen LogP contribution in [0, 0.1) is 18.3 Å². The monoisotopic (exact) mass is 914 g/mol. The molecule has 4 atom stereocenters. The molecule has 3 heterocycles. The Morgan fingerprint density at radius 2 is 1.75 bits per heavy atom. The van der Waals surface area contributed by atoms with Gasteiger partial charge in [-0.25, -0.2) is 13.4 Å². The Bertz CT molecular complexity index is 2550. The fourth-order valence-electron chi connectivity index (χ4n) is 7.88. The number of aromatic amines is 1. The molecule has 2 saturated carbocycles. The van der Waals surface area contributed by atoms with Crippen LogP contribution in [0.4, 0.5) is 18.9 Å². The molecule has 2 aliphatic carbocycles. The molecule has 63 heavy (non-hydrogen) atoms. The number of anilines is 1. The van der Waals surface area contributed by atoms with E-state index in [4.69, 9.17) is 4.74 Å². The van der Waals surface area contributed by atoms with Crippen LogP contribution in [0.5, 0.6) is 5.75 Å². The molecule has 2 aromatic carbocycles. The Kier molecular flexibility index (Phi) is 13.2. The number of carbonyl (C=O) groups is 3. The number of rotatable bonds is 12. The molecule has 18 heteroatoms. The van der Waals surface area contributed by atoms with E-state index in [1.54, 1.807) is 37.5 Å². The van der Waals surface area contributed by atoms with Crippen LogP contribution >= 0.6 is 11.3 Å². The zero-order chi connectivity index (χ0) is 46.4. The smallest absolute Gasteiger partial charge is 0.416 e. The molecule has 1 saturated heterocycles. The number of carbonyl (C=O) groups excluding carboxylic acids is 3. The number of sulfonamides is 1. The van der Waals surface area contributed by atoms with Crippen LogP contribution < -0.4 is 25.5 Å². The molecule has 3 fully saturated rings. The van der Waals surface area contributed by atoms with Crippen LogP contribution in [0.1, 0.15) is 110 Å². The van der Waals surface area contributed by atoms with Gasteiger partial charge in [0, 0.05) is 34.6 Å². The number of likely N-dealkylation sites (tertiary alicyclic amines) is 1. The number of nitrogens with zero attached hydrogens (tertiary/aromatic N) is 2. The third-order valence-corrected chi connectivity index (χ3v) is 15.5. The number of hydrogen-bond donors (Lipinski definition) is 4. The van der Waals surface area contributed by atoms with Crippen molar-refractivity contribution in [2.24, 2.45) is 11.3 Å². The number of alkyl halides is 3. The van der Waals surface area contributed by atoms with Crippen molar-refractivity contribution in [1.82, 2.24) is 24.9 Å². The van der Waals surface area contributed by atoms with Gasteiger partial charge in [0.2, 0.25) is 21.8 Å². The number of amides is 3. The van der Waals surface area contributed by atoms with Crippen LogP contribution in [-0.2, 0) is 30.6 Å². The maximum Gasteiger partial charge on any atom is 0.416 e. The molecular weight excluding hydrogens is 858 g/mol. The van der Waals surface area contributed by atoms with Crippen molar-refractivity contribution in [3.63, 3.8) is 0 Å². The lowest BCUT2D eigenvalue weighted by atomic mass is 9.85. The summed E-state index contributed by atoms with van der Waals surface area (Å²) in [7, 11) is -2.26. The molecule has 3 amide bonds. The minimum atomic E-state index is -4.49. The molecule has 3 unspecified atom stereocenters. The van der Waals surface area contributed by atoms with Crippen LogP contribution in [0.3, 0.4) is 0 Å². The standard InChI is InChI=1S/C28H39F3N4O5S.C17H18N2O2S/c1-6-17-16-27(17,24(38)34-41(39,40)26(5)13-14-26)33-22(36)20-8-7-15-35(20)23(37)21(25(2,3)4)32-19-11-9-18(10-12-19)28(29,30)31;1-9(2)13-8-22-17(19-13)12-7-14(20)11-5-6-15(21-4)10(3)16(11)18-12/h9-12,17,20-21,32H,6-8,13-16H2,1-5H3,(H,33,36)(H,34,38);5-9H,1-4H3,(H,18,20)/t17?,20?,21?,27-;/m1./s1. The number of ether oxygens (including phenoxy) is 1. The lowest BCUT2D eigenvalue weighted by Crippen LogP contribution is -2.59. The number of hydrogen-bond acceptors (Lipinski definition) is 10. The molecule has 342 valence electrons. The Morgan fingerprint density at radius 3 is 2.29 bits per heavy atom. The number of fused-ring (bicyclic) bond motifs is 1. The fraction of sp³-hybridized carbons (Fsp3) is 0.533. The molecule has 0 spiro atoms. The number of thiazole rings is 1. The van der Waals surface area contributed by atoms with E-state index in [0.717, 1.165) is 45.4 Å². The quantitative estimate of drug-likeness (QED) is 0.110. The maximum absolute atomic E-state index is 13.8.